The monoisotopic (exact) mass is 358 g/mol. The third kappa shape index (κ3) is 3.75. The van der Waals surface area contributed by atoms with Gasteiger partial charge in [-0.2, -0.15) is 0 Å². The molecule has 2 aromatic rings. The molecule has 1 amide bonds. The van der Waals surface area contributed by atoms with Crippen LogP contribution in [0.2, 0.25) is 0 Å². The van der Waals surface area contributed by atoms with Gasteiger partial charge in [0.15, 0.2) is 0 Å². The summed E-state index contributed by atoms with van der Waals surface area (Å²) in [6.07, 6.45) is 5.04. The van der Waals surface area contributed by atoms with Crippen LogP contribution < -0.4 is 11.2 Å². The topological polar surface area (TPSA) is 86.4 Å². The van der Waals surface area contributed by atoms with Crippen molar-refractivity contribution in [2.75, 3.05) is 13.1 Å². The van der Waals surface area contributed by atoms with E-state index >= 15 is 0 Å². The molecule has 1 fully saturated rings. The lowest BCUT2D eigenvalue weighted by molar-refractivity contribution is -0.00713. The largest absolute Gasteiger partial charge is 0.372 e. The number of aromatic nitrogens is 3. The minimum Gasteiger partial charge on any atom is -0.372 e. The highest BCUT2D eigenvalue weighted by molar-refractivity contribution is 5.92. The minimum atomic E-state index is -0.512. The number of hydrogen-bond donors (Lipinski definition) is 0. The summed E-state index contributed by atoms with van der Waals surface area (Å²) >= 11 is 0. The number of likely N-dealkylation sites (tertiary alicyclic amines) is 1. The molecule has 0 bridgehead atoms. The van der Waals surface area contributed by atoms with E-state index in [9.17, 15) is 14.4 Å². The average Bonchev–Trinajstić information content (AvgIpc) is 2.68. The molecular formula is C18H22N4O4. The zero-order valence-electron chi connectivity index (χ0n) is 14.9. The van der Waals surface area contributed by atoms with Crippen molar-refractivity contribution in [1.82, 2.24) is 19.0 Å². The van der Waals surface area contributed by atoms with Gasteiger partial charge < -0.3 is 9.64 Å². The fourth-order valence-corrected chi connectivity index (χ4v) is 3.06. The lowest BCUT2D eigenvalue weighted by Gasteiger charge is -2.33. The van der Waals surface area contributed by atoms with E-state index in [1.807, 2.05) is 12.1 Å². The Hall–Kier alpha value is -2.74. The molecule has 1 saturated heterocycles. The first-order chi connectivity index (χ1) is 12.5. The first-order valence-corrected chi connectivity index (χ1v) is 8.54. The molecule has 26 heavy (non-hydrogen) atoms. The van der Waals surface area contributed by atoms with Crippen LogP contribution in [0.4, 0.5) is 0 Å². The van der Waals surface area contributed by atoms with Crippen molar-refractivity contribution in [2.24, 2.45) is 14.1 Å². The summed E-state index contributed by atoms with van der Waals surface area (Å²) in [4.78, 5) is 42.4. The van der Waals surface area contributed by atoms with Crippen molar-refractivity contribution in [2.45, 2.75) is 25.6 Å². The van der Waals surface area contributed by atoms with Crippen LogP contribution in [0.3, 0.4) is 0 Å². The summed E-state index contributed by atoms with van der Waals surface area (Å²) in [5.74, 6) is -0.322. The molecular weight excluding hydrogens is 336 g/mol. The van der Waals surface area contributed by atoms with Gasteiger partial charge in [0.1, 0.15) is 5.69 Å². The predicted molar refractivity (Wildman–Crippen MR) is 94.9 cm³/mol. The zero-order valence-corrected chi connectivity index (χ0v) is 14.9. The average molecular weight is 358 g/mol. The molecule has 0 unspecified atom stereocenters. The molecule has 1 aliphatic rings. The SMILES string of the molecule is Cn1c(C(=O)N2CCC[C@@H](OCc3cccnc3)C2)cc(=O)n(C)c1=O. The molecule has 3 heterocycles. The molecule has 0 N–H and O–H groups in total. The molecule has 2 aromatic heterocycles. The second-order valence-electron chi connectivity index (χ2n) is 6.46. The second kappa shape index (κ2) is 7.65. The standard InChI is InChI=1S/C18H22N4O4/c1-20-15(9-16(23)21(2)18(20)25)17(24)22-8-4-6-14(11-22)26-12-13-5-3-7-19-10-13/h3,5,7,9-10,14H,4,6,8,11-12H2,1-2H3/t14-/m1/s1. The van der Waals surface area contributed by atoms with E-state index < -0.39 is 11.2 Å². The van der Waals surface area contributed by atoms with Crippen molar-refractivity contribution in [1.29, 1.82) is 0 Å². The molecule has 8 heteroatoms. The van der Waals surface area contributed by atoms with Gasteiger partial charge in [0.05, 0.1) is 12.7 Å². The predicted octanol–water partition coefficient (Wildman–Crippen LogP) is 0.300. The lowest BCUT2D eigenvalue weighted by atomic mass is 10.1. The summed E-state index contributed by atoms with van der Waals surface area (Å²) in [5.41, 5.74) is 0.0796. The number of hydrogen-bond acceptors (Lipinski definition) is 5. The molecule has 8 nitrogen and oxygen atoms in total. The molecule has 1 atom stereocenters. The maximum Gasteiger partial charge on any atom is 0.331 e. The highest BCUT2D eigenvalue weighted by Crippen LogP contribution is 2.16. The van der Waals surface area contributed by atoms with Gasteiger partial charge >= 0.3 is 5.69 Å². The number of carbonyl (C=O) groups is 1. The number of amides is 1. The maximum atomic E-state index is 12.8. The van der Waals surface area contributed by atoms with E-state index in [1.165, 1.54) is 24.7 Å². The number of nitrogens with zero attached hydrogens (tertiary/aromatic N) is 4. The molecule has 138 valence electrons. The van der Waals surface area contributed by atoms with Crippen molar-refractivity contribution in [3.63, 3.8) is 0 Å². The molecule has 0 spiro atoms. The third-order valence-corrected chi connectivity index (χ3v) is 4.62. The molecule has 0 radical (unpaired) electrons. The normalized spacial score (nSPS) is 17.3. The number of pyridine rings is 1. The smallest absolute Gasteiger partial charge is 0.331 e. The van der Waals surface area contributed by atoms with Crippen LogP contribution in [-0.2, 0) is 25.4 Å². The van der Waals surface area contributed by atoms with Crippen LogP contribution in [0.25, 0.3) is 0 Å². The Morgan fingerprint density at radius 3 is 2.85 bits per heavy atom. The van der Waals surface area contributed by atoms with Gasteiger partial charge in [0.25, 0.3) is 11.5 Å². The van der Waals surface area contributed by atoms with Crippen LogP contribution >= 0.6 is 0 Å². The van der Waals surface area contributed by atoms with E-state index in [1.54, 1.807) is 17.3 Å². The fourth-order valence-electron chi connectivity index (χ4n) is 3.06. The minimum absolute atomic E-state index is 0.0866. The molecule has 0 aliphatic carbocycles. The van der Waals surface area contributed by atoms with Gasteiger partial charge in [-0.25, -0.2) is 4.79 Å². The molecule has 0 aromatic carbocycles. The van der Waals surface area contributed by atoms with Crippen molar-refractivity contribution < 1.29 is 9.53 Å². The molecule has 0 saturated carbocycles. The van der Waals surface area contributed by atoms with Crippen LogP contribution in [0.15, 0.2) is 40.2 Å². The van der Waals surface area contributed by atoms with E-state index in [0.29, 0.717) is 19.7 Å². The second-order valence-corrected chi connectivity index (χ2v) is 6.46. The Bertz CT molecular complexity index is 904. The van der Waals surface area contributed by atoms with Gasteiger partial charge in [-0.05, 0) is 24.5 Å². The maximum absolute atomic E-state index is 12.8. The fraction of sp³-hybridized carbons (Fsp3) is 0.444. The van der Waals surface area contributed by atoms with E-state index in [-0.39, 0.29) is 17.7 Å². The number of piperidine rings is 1. The Balaban J connectivity index is 1.70. The van der Waals surface area contributed by atoms with Gasteiger partial charge in [-0.1, -0.05) is 6.07 Å². The molecule has 1 aliphatic heterocycles. The van der Waals surface area contributed by atoms with Crippen molar-refractivity contribution in [3.05, 3.63) is 62.7 Å². The van der Waals surface area contributed by atoms with Crippen molar-refractivity contribution in [3.8, 4) is 0 Å². The number of ether oxygens (including phenoxy) is 1. The third-order valence-electron chi connectivity index (χ3n) is 4.62. The highest BCUT2D eigenvalue weighted by Gasteiger charge is 2.27. The van der Waals surface area contributed by atoms with Gasteiger partial charge in [0.2, 0.25) is 0 Å². The lowest BCUT2D eigenvalue weighted by Crippen LogP contribution is -2.46. The Labute approximate surface area is 150 Å². The summed E-state index contributed by atoms with van der Waals surface area (Å²) in [6, 6.07) is 5.00. The van der Waals surface area contributed by atoms with Gasteiger partial charge in [-0.15, -0.1) is 0 Å². The Morgan fingerprint density at radius 1 is 1.31 bits per heavy atom. The summed E-state index contributed by atoms with van der Waals surface area (Å²) in [6.45, 7) is 1.45. The van der Waals surface area contributed by atoms with Crippen LogP contribution in [0.1, 0.15) is 28.9 Å². The Kier molecular flexibility index (Phi) is 5.32. The summed E-state index contributed by atoms with van der Waals surface area (Å²) in [7, 11) is 2.89. The highest BCUT2D eigenvalue weighted by atomic mass is 16.5. The Morgan fingerprint density at radius 2 is 2.12 bits per heavy atom. The van der Waals surface area contributed by atoms with E-state index in [2.05, 4.69) is 4.98 Å². The van der Waals surface area contributed by atoms with Crippen molar-refractivity contribution >= 4 is 5.91 Å². The van der Waals surface area contributed by atoms with E-state index in [4.69, 9.17) is 4.74 Å². The van der Waals surface area contributed by atoms with Crippen LogP contribution in [0, 0.1) is 0 Å². The van der Waals surface area contributed by atoms with Gasteiger partial charge in [-0.3, -0.25) is 23.7 Å². The first-order valence-electron chi connectivity index (χ1n) is 8.54. The number of rotatable bonds is 4. The quantitative estimate of drug-likeness (QED) is 0.785. The summed E-state index contributed by atoms with van der Waals surface area (Å²) < 4.78 is 8.10. The number of carbonyl (C=O) groups excluding carboxylic acids is 1. The molecule has 3 rings (SSSR count). The van der Waals surface area contributed by atoms with Crippen LogP contribution in [-0.4, -0.2) is 44.1 Å². The van der Waals surface area contributed by atoms with Crippen LogP contribution in [0.5, 0.6) is 0 Å². The zero-order chi connectivity index (χ0) is 18.7. The van der Waals surface area contributed by atoms with Gasteiger partial charge in [0, 0.05) is 45.6 Å². The van der Waals surface area contributed by atoms with E-state index in [0.717, 1.165) is 23.0 Å². The summed E-state index contributed by atoms with van der Waals surface area (Å²) in [5, 5.41) is 0. The first kappa shape index (κ1) is 18.1.